The van der Waals surface area contributed by atoms with Crippen LogP contribution in [0.4, 0.5) is 14.4 Å². The molecular weight excluding hydrogens is 434 g/mol. The summed E-state index contributed by atoms with van der Waals surface area (Å²) in [5.41, 5.74) is -1.24. The zero-order chi connectivity index (χ0) is 26.1. The summed E-state index contributed by atoms with van der Waals surface area (Å²) in [6.07, 6.45) is -1.51. The molecule has 3 amide bonds. The quantitative estimate of drug-likeness (QED) is 0.182. The fourth-order valence-electron chi connectivity index (χ4n) is 2.57. The Balaban J connectivity index is 5.83. The molecule has 1 unspecified atom stereocenters. The molecule has 33 heavy (non-hydrogen) atoms. The molecule has 0 aliphatic heterocycles. The van der Waals surface area contributed by atoms with Crippen molar-refractivity contribution in [2.24, 2.45) is 0 Å². The van der Waals surface area contributed by atoms with Gasteiger partial charge in [0, 0.05) is 0 Å². The van der Waals surface area contributed by atoms with Crippen molar-refractivity contribution in [3.05, 3.63) is 11.6 Å². The maximum absolute atomic E-state index is 12.8. The first-order chi connectivity index (χ1) is 14.9. The standard InChI is InChI=1S/C22H37N3O8/c1-14(13-24(15(2)23)18(27)28)11-10-12-16(17(26)31-9)25(19(29)32-21(3,4)5)20(30)33-22(6,7)8/h11,16,23H,10,12-13H2,1-9H3,(H,27,28)/b14-11-,23-15?. The van der Waals surface area contributed by atoms with Gasteiger partial charge in [0.05, 0.1) is 13.7 Å². The molecule has 0 aromatic heterocycles. The number of amidine groups is 1. The lowest BCUT2D eigenvalue weighted by molar-refractivity contribution is -0.146. The van der Waals surface area contributed by atoms with E-state index in [0.717, 1.165) is 12.0 Å². The van der Waals surface area contributed by atoms with E-state index < -0.39 is 41.5 Å². The van der Waals surface area contributed by atoms with E-state index in [1.54, 1.807) is 54.5 Å². The van der Waals surface area contributed by atoms with Gasteiger partial charge in [-0.2, -0.15) is 4.90 Å². The van der Waals surface area contributed by atoms with Crippen LogP contribution in [0.5, 0.6) is 0 Å². The van der Waals surface area contributed by atoms with E-state index in [2.05, 4.69) is 0 Å². The molecular formula is C22H37N3O8. The topological polar surface area (TPSA) is 147 Å². The molecule has 0 bridgehead atoms. The molecule has 188 valence electrons. The number of amides is 3. The number of esters is 1. The molecule has 11 nitrogen and oxygen atoms in total. The molecule has 0 spiro atoms. The first kappa shape index (κ1) is 29.9. The highest BCUT2D eigenvalue weighted by atomic mass is 16.6. The molecule has 0 saturated heterocycles. The third-order valence-electron chi connectivity index (χ3n) is 3.94. The maximum atomic E-state index is 12.8. The number of hydrogen-bond donors (Lipinski definition) is 2. The number of allylic oxidation sites excluding steroid dienone is 1. The number of methoxy groups -OCH3 is 1. The van der Waals surface area contributed by atoms with Crippen LogP contribution in [0.1, 0.15) is 68.2 Å². The molecule has 0 rings (SSSR count). The zero-order valence-electron chi connectivity index (χ0n) is 21.0. The fourth-order valence-corrected chi connectivity index (χ4v) is 2.57. The molecule has 0 aromatic rings. The Morgan fingerprint density at radius 2 is 1.42 bits per heavy atom. The molecule has 1 atom stereocenters. The first-order valence-corrected chi connectivity index (χ1v) is 10.4. The molecule has 11 heteroatoms. The third kappa shape index (κ3) is 11.4. The van der Waals surface area contributed by atoms with Crippen molar-refractivity contribution in [1.82, 2.24) is 9.80 Å². The second kappa shape index (κ2) is 12.2. The van der Waals surface area contributed by atoms with Crippen molar-refractivity contribution >= 4 is 30.1 Å². The van der Waals surface area contributed by atoms with Crippen LogP contribution in [0.2, 0.25) is 0 Å². The number of carboxylic acid groups (broad SMARTS) is 1. The first-order valence-electron chi connectivity index (χ1n) is 10.4. The van der Waals surface area contributed by atoms with Gasteiger partial charge in [-0.1, -0.05) is 11.6 Å². The number of rotatable bonds is 7. The van der Waals surface area contributed by atoms with Crippen LogP contribution in [0.25, 0.3) is 0 Å². The number of carbonyl (C=O) groups excluding carboxylic acids is 3. The van der Waals surface area contributed by atoms with Crippen molar-refractivity contribution in [2.75, 3.05) is 13.7 Å². The molecule has 0 radical (unpaired) electrons. The van der Waals surface area contributed by atoms with Gasteiger partial charge in [0.15, 0.2) is 0 Å². The minimum absolute atomic E-state index is 0.0147. The predicted molar refractivity (Wildman–Crippen MR) is 121 cm³/mol. The van der Waals surface area contributed by atoms with Crippen LogP contribution in [0, 0.1) is 5.41 Å². The van der Waals surface area contributed by atoms with Gasteiger partial charge in [-0.25, -0.2) is 19.2 Å². The average Bonchev–Trinajstić information content (AvgIpc) is 2.60. The molecule has 0 aliphatic rings. The SMILES string of the molecule is COC(=O)C(CC/C=C(/C)CN(C(C)=N)C(=O)O)N(C(=O)OC(C)(C)C)C(=O)OC(C)(C)C. The van der Waals surface area contributed by atoms with E-state index in [9.17, 15) is 24.3 Å². The third-order valence-corrected chi connectivity index (χ3v) is 3.94. The van der Waals surface area contributed by atoms with E-state index >= 15 is 0 Å². The normalized spacial score (nSPS) is 12.9. The van der Waals surface area contributed by atoms with Gasteiger partial charge >= 0.3 is 24.2 Å². The Hall–Kier alpha value is -3.11. The second-order valence-electron chi connectivity index (χ2n) is 9.45. The van der Waals surface area contributed by atoms with Crippen molar-refractivity contribution in [3.8, 4) is 0 Å². The molecule has 0 heterocycles. The molecule has 0 saturated carbocycles. The van der Waals surface area contributed by atoms with Gasteiger partial charge in [-0.15, -0.1) is 0 Å². The van der Waals surface area contributed by atoms with Gasteiger partial charge in [0.2, 0.25) is 0 Å². The lowest BCUT2D eigenvalue weighted by Crippen LogP contribution is -2.52. The van der Waals surface area contributed by atoms with Crippen molar-refractivity contribution in [2.45, 2.75) is 85.5 Å². The summed E-state index contributed by atoms with van der Waals surface area (Å²) in [5, 5.41) is 16.7. The number of ether oxygens (including phenoxy) is 3. The summed E-state index contributed by atoms with van der Waals surface area (Å²) >= 11 is 0. The number of carbonyl (C=O) groups is 4. The van der Waals surface area contributed by atoms with Gasteiger partial charge in [-0.3, -0.25) is 10.3 Å². The van der Waals surface area contributed by atoms with E-state index in [1.807, 2.05) is 0 Å². The summed E-state index contributed by atoms with van der Waals surface area (Å²) in [5.74, 6) is -0.969. The smallest absolute Gasteiger partial charge is 0.420 e. The highest BCUT2D eigenvalue weighted by molar-refractivity contribution is 5.94. The summed E-state index contributed by atoms with van der Waals surface area (Å²) in [4.78, 5) is 50.9. The summed E-state index contributed by atoms with van der Waals surface area (Å²) in [7, 11) is 1.14. The lowest BCUT2D eigenvalue weighted by atomic mass is 10.1. The Labute approximate surface area is 195 Å². The van der Waals surface area contributed by atoms with Crippen LogP contribution in [-0.4, -0.2) is 75.9 Å². The number of imide groups is 1. The molecule has 2 N–H and O–H groups in total. The summed E-state index contributed by atoms with van der Waals surface area (Å²) in [6, 6.07) is -1.33. The monoisotopic (exact) mass is 471 g/mol. The number of nitrogens with zero attached hydrogens (tertiary/aromatic N) is 2. The van der Waals surface area contributed by atoms with Crippen molar-refractivity contribution in [1.29, 1.82) is 5.41 Å². The molecule has 0 aromatic carbocycles. The van der Waals surface area contributed by atoms with Gasteiger partial charge in [0.25, 0.3) is 0 Å². The van der Waals surface area contributed by atoms with Crippen LogP contribution in [0.15, 0.2) is 11.6 Å². The van der Waals surface area contributed by atoms with Gasteiger partial charge < -0.3 is 19.3 Å². The number of hydrogen-bond acceptors (Lipinski definition) is 8. The highest BCUT2D eigenvalue weighted by Crippen LogP contribution is 2.20. The average molecular weight is 472 g/mol. The predicted octanol–water partition coefficient (Wildman–Crippen LogP) is 4.40. The Morgan fingerprint density at radius 3 is 1.76 bits per heavy atom. The Morgan fingerprint density at radius 1 is 0.970 bits per heavy atom. The van der Waals surface area contributed by atoms with Crippen LogP contribution in [-0.2, 0) is 19.0 Å². The van der Waals surface area contributed by atoms with Gasteiger partial charge in [-0.05, 0) is 68.2 Å². The zero-order valence-corrected chi connectivity index (χ0v) is 21.0. The maximum Gasteiger partial charge on any atom is 0.420 e. The van der Waals surface area contributed by atoms with Crippen molar-refractivity contribution in [3.63, 3.8) is 0 Å². The van der Waals surface area contributed by atoms with E-state index in [1.165, 1.54) is 6.92 Å². The minimum atomic E-state index is -1.33. The van der Waals surface area contributed by atoms with Crippen LogP contribution >= 0.6 is 0 Å². The van der Waals surface area contributed by atoms with Crippen molar-refractivity contribution < 1.29 is 38.5 Å². The highest BCUT2D eigenvalue weighted by Gasteiger charge is 2.40. The summed E-state index contributed by atoms with van der Waals surface area (Å²) < 4.78 is 15.4. The van der Waals surface area contributed by atoms with Crippen LogP contribution in [0.3, 0.4) is 0 Å². The van der Waals surface area contributed by atoms with E-state index in [4.69, 9.17) is 19.6 Å². The Bertz CT molecular complexity index is 735. The summed E-state index contributed by atoms with van der Waals surface area (Å²) in [6.45, 7) is 12.7. The molecule has 0 aliphatic carbocycles. The van der Waals surface area contributed by atoms with E-state index in [0.29, 0.717) is 10.5 Å². The lowest BCUT2D eigenvalue weighted by Gasteiger charge is -2.32. The van der Waals surface area contributed by atoms with Gasteiger partial charge in [0.1, 0.15) is 23.1 Å². The van der Waals surface area contributed by atoms with Crippen LogP contribution < -0.4 is 0 Å². The number of nitrogens with one attached hydrogen (secondary N) is 1. The van der Waals surface area contributed by atoms with E-state index in [-0.39, 0.29) is 25.2 Å². The Kier molecular flexibility index (Phi) is 11.1. The molecule has 0 fully saturated rings. The minimum Gasteiger partial charge on any atom is -0.467 e. The second-order valence-corrected chi connectivity index (χ2v) is 9.45. The fraction of sp³-hybridized carbons (Fsp3) is 0.682. The largest absolute Gasteiger partial charge is 0.467 e.